The normalized spacial score (nSPS) is 10.5. The molecule has 96 valence electrons. The van der Waals surface area contributed by atoms with Gasteiger partial charge in [0.05, 0.1) is 11.5 Å². The number of hydrogen-bond donors (Lipinski definition) is 4. The van der Waals surface area contributed by atoms with Crippen LogP contribution in [0.2, 0.25) is 0 Å². The molecule has 17 heavy (non-hydrogen) atoms. The number of carbonyl (C=O) groups excluding carboxylic acids is 3. The molecule has 6 N–H and O–H groups in total. The van der Waals surface area contributed by atoms with Crippen LogP contribution in [0.3, 0.4) is 0 Å². The molecule has 0 radical (unpaired) electrons. The molecule has 3 amide bonds. The zero-order valence-electron chi connectivity index (χ0n) is 9.70. The van der Waals surface area contributed by atoms with Crippen molar-refractivity contribution < 1.29 is 14.4 Å². The van der Waals surface area contributed by atoms with Gasteiger partial charge in [-0.05, 0) is 13.8 Å². The Kier molecular flexibility index (Phi) is 5.52. The van der Waals surface area contributed by atoms with Gasteiger partial charge < -0.3 is 22.1 Å². The lowest BCUT2D eigenvalue weighted by molar-refractivity contribution is -0.140. The first kappa shape index (κ1) is 15.3. The number of nitrogens with one attached hydrogen (secondary N) is 2. The first-order valence-corrected chi connectivity index (χ1v) is 5.22. The third kappa shape index (κ3) is 7.23. The van der Waals surface area contributed by atoms with E-state index in [0.29, 0.717) is 0 Å². The second-order valence-electron chi connectivity index (χ2n) is 4.13. The molecule has 0 saturated carbocycles. The summed E-state index contributed by atoms with van der Waals surface area (Å²) in [5.41, 5.74) is 9.28. The predicted molar refractivity (Wildman–Crippen MR) is 65.8 cm³/mol. The molecule has 0 aliphatic rings. The van der Waals surface area contributed by atoms with Crippen molar-refractivity contribution in [2.75, 3.05) is 6.54 Å². The van der Waals surface area contributed by atoms with E-state index in [0.717, 1.165) is 0 Å². The zero-order valence-corrected chi connectivity index (χ0v) is 10.5. The standard InChI is InChI=1S/C9H16N4O3S/c1-9(2,3-5(10)14)13-8(16)7(15)12-4-6(11)17/h3-4H2,1-2H3,(H2,10,14)(H2,11,17)(H,12,15)(H,13,16). The minimum absolute atomic E-state index is 0.0577. The summed E-state index contributed by atoms with van der Waals surface area (Å²) in [6.07, 6.45) is -0.0681. The Balaban J connectivity index is 4.28. The lowest BCUT2D eigenvalue weighted by atomic mass is 10.0. The van der Waals surface area contributed by atoms with Crippen LogP contribution < -0.4 is 22.1 Å². The Morgan fingerprint density at radius 3 is 2.12 bits per heavy atom. The van der Waals surface area contributed by atoms with Crippen molar-refractivity contribution in [2.45, 2.75) is 25.8 Å². The minimum atomic E-state index is -0.885. The second kappa shape index (κ2) is 6.14. The summed E-state index contributed by atoms with van der Waals surface area (Å²) in [5, 5.41) is 4.60. The molecular weight excluding hydrogens is 244 g/mol. The van der Waals surface area contributed by atoms with Crippen LogP contribution in [0, 0.1) is 0 Å². The quantitative estimate of drug-likeness (QED) is 0.341. The fraction of sp³-hybridized carbons (Fsp3) is 0.556. The van der Waals surface area contributed by atoms with E-state index in [1.165, 1.54) is 0 Å². The summed E-state index contributed by atoms with van der Waals surface area (Å²) in [4.78, 5) is 33.4. The monoisotopic (exact) mass is 260 g/mol. The van der Waals surface area contributed by atoms with Gasteiger partial charge in [-0.15, -0.1) is 0 Å². The molecule has 0 atom stereocenters. The molecule has 0 unspecified atom stereocenters. The van der Waals surface area contributed by atoms with Crippen molar-refractivity contribution in [2.24, 2.45) is 11.5 Å². The summed E-state index contributed by atoms with van der Waals surface area (Å²) in [5.74, 6) is -2.30. The number of thiocarbonyl (C=S) groups is 1. The third-order valence-electron chi connectivity index (χ3n) is 1.70. The summed E-state index contributed by atoms with van der Waals surface area (Å²) in [6.45, 7) is 3.10. The highest BCUT2D eigenvalue weighted by atomic mass is 32.1. The highest BCUT2D eigenvalue weighted by Gasteiger charge is 2.25. The van der Waals surface area contributed by atoms with E-state index in [4.69, 9.17) is 11.5 Å². The van der Waals surface area contributed by atoms with Gasteiger partial charge in [-0.25, -0.2) is 0 Å². The van der Waals surface area contributed by atoms with E-state index in [-0.39, 0.29) is 18.0 Å². The van der Waals surface area contributed by atoms with Gasteiger partial charge in [0, 0.05) is 12.0 Å². The Morgan fingerprint density at radius 1 is 1.18 bits per heavy atom. The lowest BCUT2D eigenvalue weighted by Crippen LogP contribution is -2.52. The smallest absolute Gasteiger partial charge is 0.309 e. The molecule has 0 fully saturated rings. The number of amides is 3. The SMILES string of the molecule is CC(C)(CC(N)=O)NC(=O)C(=O)NCC(N)=S. The molecular formula is C9H16N4O3S. The molecule has 7 nitrogen and oxygen atoms in total. The van der Waals surface area contributed by atoms with E-state index < -0.39 is 23.3 Å². The van der Waals surface area contributed by atoms with Crippen LogP contribution in [0.15, 0.2) is 0 Å². The molecule has 0 rings (SSSR count). The van der Waals surface area contributed by atoms with Crippen molar-refractivity contribution in [3.05, 3.63) is 0 Å². The van der Waals surface area contributed by atoms with Crippen LogP contribution in [-0.2, 0) is 14.4 Å². The average Bonchev–Trinajstić information content (AvgIpc) is 2.10. The van der Waals surface area contributed by atoms with E-state index in [1.54, 1.807) is 13.8 Å². The van der Waals surface area contributed by atoms with Crippen LogP contribution >= 0.6 is 12.2 Å². The topological polar surface area (TPSA) is 127 Å². The minimum Gasteiger partial charge on any atom is -0.392 e. The molecule has 0 spiro atoms. The van der Waals surface area contributed by atoms with Gasteiger partial charge in [0.1, 0.15) is 0 Å². The molecule has 0 aliphatic heterocycles. The van der Waals surface area contributed by atoms with E-state index in [2.05, 4.69) is 22.9 Å². The maximum Gasteiger partial charge on any atom is 0.309 e. The number of nitrogens with two attached hydrogens (primary N) is 2. The predicted octanol–water partition coefficient (Wildman–Crippen LogP) is -1.84. The van der Waals surface area contributed by atoms with Crippen LogP contribution in [0.4, 0.5) is 0 Å². The highest BCUT2D eigenvalue weighted by molar-refractivity contribution is 7.80. The molecule has 8 heteroatoms. The van der Waals surface area contributed by atoms with Crippen molar-refractivity contribution in [1.82, 2.24) is 10.6 Å². The molecule has 0 saturated heterocycles. The fourth-order valence-electron chi connectivity index (χ4n) is 1.09. The maximum atomic E-state index is 11.4. The number of rotatable bonds is 5. The van der Waals surface area contributed by atoms with Gasteiger partial charge in [-0.3, -0.25) is 14.4 Å². The van der Waals surface area contributed by atoms with Crippen LogP contribution in [0.1, 0.15) is 20.3 Å². The number of carbonyl (C=O) groups is 3. The van der Waals surface area contributed by atoms with Gasteiger partial charge >= 0.3 is 11.8 Å². The zero-order chi connectivity index (χ0) is 13.6. The molecule has 0 aromatic heterocycles. The van der Waals surface area contributed by atoms with E-state index >= 15 is 0 Å². The first-order valence-electron chi connectivity index (χ1n) is 4.81. The summed E-state index contributed by atoms with van der Waals surface area (Å²) in [7, 11) is 0. The molecule has 0 bridgehead atoms. The molecule has 0 heterocycles. The van der Waals surface area contributed by atoms with Crippen molar-refractivity contribution in [1.29, 1.82) is 0 Å². The molecule has 0 aliphatic carbocycles. The van der Waals surface area contributed by atoms with E-state index in [1.807, 2.05) is 0 Å². The van der Waals surface area contributed by atoms with E-state index in [9.17, 15) is 14.4 Å². The summed E-state index contributed by atoms with van der Waals surface area (Å²) >= 11 is 4.54. The van der Waals surface area contributed by atoms with Gasteiger partial charge in [0.2, 0.25) is 5.91 Å². The molecule has 0 aromatic carbocycles. The third-order valence-corrected chi connectivity index (χ3v) is 1.84. The van der Waals surface area contributed by atoms with Crippen LogP contribution in [0.5, 0.6) is 0 Å². The van der Waals surface area contributed by atoms with Gasteiger partial charge in [0.15, 0.2) is 0 Å². The van der Waals surface area contributed by atoms with Crippen LogP contribution in [-0.4, -0.2) is 34.8 Å². The van der Waals surface area contributed by atoms with Crippen molar-refractivity contribution >= 4 is 34.9 Å². The highest BCUT2D eigenvalue weighted by Crippen LogP contribution is 2.06. The number of primary amides is 1. The Bertz CT molecular complexity index is 354. The van der Waals surface area contributed by atoms with Gasteiger partial charge in [-0.2, -0.15) is 0 Å². The van der Waals surface area contributed by atoms with Gasteiger partial charge in [0.25, 0.3) is 0 Å². The first-order chi connectivity index (χ1) is 7.64. The van der Waals surface area contributed by atoms with Crippen molar-refractivity contribution in [3.8, 4) is 0 Å². The van der Waals surface area contributed by atoms with Crippen LogP contribution in [0.25, 0.3) is 0 Å². The summed E-state index contributed by atoms with van der Waals surface area (Å²) in [6, 6.07) is 0. The second-order valence-corrected chi connectivity index (χ2v) is 4.65. The maximum absolute atomic E-state index is 11.4. The Hall–Kier alpha value is -1.70. The summed E-state index contributed by atoms with van der Waals surface area (Å²) < 4.78 is 0. The lowest BCUT2D eigenvalue weighted by Gasteiger charge is -2.24. The fourth-order valence-corrected chi connectivity index (χ4v) is 1.16. The average molecular weight is 260 g/mol. The molecule has 0 aromatic rings. The largest absolute Gasteiger partial charge is 0.392 e. The Labute approximate surface area is 104 Å². The number of hydrogen-bond acceptors (Lipinski definition) is 4. The van der Waals surface area contributed by atoms with Crippen molar-refractivity contribution in [3.63, 3.8) is 0 Å². The Morgan fingerprint density at radius 2 is 1.71 bits per heavy atom. The van der Waals surface area contributed by atoms with Gasteiger partial charge in [-0.1, -0.05) is 12.2 Å².